The largest absolute Gasteiger partial charge is 0.418 e. The Hall–Kier alpha value is -2.34. The van der Waals surface area contributed by atoms with Crippen LogP contribution in [0.2, 0.25) is 5.02 Å². The highest BCUT2D eigenvalue weighted by Crippen LogP contribution is 2.37. The highest BCUT2D eigenvalue weighted by molar-refractivity contribution is 7.89. The van der Waals surface area contributed by atoms with Crippen molar-refractivity contribution in [3.05, 3.63) is 52.5 Å². The molecule has 0 radical (unpaired) electrons. The minimum atomic E-state index is -4.71. The van der Waals surface area contributed by atoms with Crippen LogP contribution in [0.1, 0.15) is 15.9 Å². The van der Waals surface area contributed by atoms with E-state index in [0.717, 1.165) is 18.2 Å². The van der Waals surface area contributed by atoms with Crippen LogP contribution in [-0.4, -0.2) is 59.0 Å². The second kappa shape index (κ2) is 9.26. The molecule has 1 amide bonds. The number of carbonyl (C=O) groups is 1. The lowest BCUT2D eigenvalue weighted by molar-refractivity contribution is -0.136. The van der Waals surface area contributed by atoms with Gasteiger partial charge in [0, 0.05) is 38.4 Å². The Morgan fingerprint density at radius 3 is 2.38 bits per heavy atom. The first-order chi connectivity index (χ1) is 14.9. The van der Waals surface area contributed by atoms with Crippen molar-refractivity contribution in [3.63, 3.8) is 0 Å². The Labute approximate surface area is 188 Å². The maximum absolute atomic E-state index is 13.5. The third kappa shape index (κ3) is 5.17. The summed E-state index contributed by atoms with van der Waals surface area (Å²) in [4.78, 5) is 13.9. The van der Waals surface area contributed by atoms with Gasteiger partial charge in [-0.1, -0.05) is 11.6 Å². The van der Waals surface area contributed by atoms with E-state index >= 15 is 0 Å². The molecule has 2 aromatic rings. The van der Waals surface area contributed by atoms with Crippen LogP contribution in [-0.2, 0) is 20.9 Å². The molecule has 0 spiro atoms. The number of alkyl halides is 3. The van der Waals surface area contributed by atoms with E-state index in [-0.39, 0.29) is 41.8 Å². The van der Waals surface area contributed by atoms with Gasteiger partial charge in [-0.25, -0.2) is 8.42 Å². The zero-order valence-corrected chi connectivity index (χ0v) is 18.8. The standard InChI is InChI=1S/C20H21ClF3N3O4S/c1-26(2)14-4-6-17(15(12-14)20(22,23)24)25-19(28)13-3-5-16(21)18(11-13)32(29,30)27-7-9-31-10-8-27/h3-6,11-12H,7-10H2,1-2H3,(H,25,28). The summed E-state index contributed by atoms with van der Waals surface area (Å²) in [5.41, 5.74) is -1.31. The van der Waals surface area contributed by atoms with Gasteiger partial charge >= 0.3 is 6.18 Å². The number of ether oxygens (including phenoxy) is 1. The number of benzene rings is 2. The van der Waals surface area contributed by atoms with Crippen LogP contribution in [0, 0.1) is 0 Å². The minimum absolute atomic E-state index is 0.0978. The smallest absolute Gasteiger partial charge is 0.379 e. The van der Waals surface area contributed by atoms with E-state index in [0.29, 0.717) is 5.69 Å². The number of morpholine rings is 1. The normalized spacial score (nSPS) is 15.4. The van der Waals surface area contributed by atoms with Gasteiger partial charge in [0.15, 0.2) is 0 Å². The molecule has 1 N–H and O–H groups in total. The van der Waals surface area contributed by atoms with Crippen LogP contribution < -0.4 is 10.2 Å². The van der Waals surface area contributed by atoms with Crippen LogP contribution >= 0.6 is 11.6 Å². The highest BCUT2D eigenvalue weighted by Gasteiger charge is 2.35. The van der Waals surface area contributed by atoms with Crippen molar-refractivity contribution in [2.75, 3.05) is 50.6 Å². The molecule has 0 bridgehead atoms. The number of carbonyl (C=O) groups excluding carboxylic acids is 1. The maximum atomic E-state index is 13.5. The molecule has 1 saturated heterocycles. The zero-order valence-electron chi connectivity index (χ0n) is 17.2. The summed E-state index contributed by atoms with van der Waals surface area (Å²) in [5, 5.41) is 2.13. The van der Waals surface area contributed by atoms with Crippen LogP contribution in [0.5, 0.6) is 0 Å². The van der Waals surface area contributed by atoms with Crippen molar-refractivity contribution < 1.29 is 31.1 Å². The first-order valence-corrected chi connectivity index (χ1v) is 11.3. The van der Waals surface area contributed by atoms with Crippen LogP contribution in [0.15, 0.2) is 41.3 Å². The molecular formula is C20H21ClF3N3O4S. The Morgan fingerprint density at radius 2 is 1.78 bits per heavy atom. The van der Waals surface area contributed by atoms with Crippen molar-refractivity contribution in [1.29, 1.82) is 0 Å². The number of rotatable bonds is 5. The molecule has 3 rings (SSSR count). The molecule has 32 heavy (non-hydrogen) atoms. The van der Waals surface area contributed by atoms with Crippen LogP contribution in [0.3, 0.4) is 0 Å². The van der Waals surface area contributed by atoms with Crippen molar-refractivity contribution >= 4 is 38.9 Å². The number of halogens is 4. The monoisotopic (exact) mass is 491 g/mol. The summed E-state index contributed by atoms with van der Waals surface area (Å²) >= 11 is 6.07. The van der Waals surface area contributed by atoms with Crippen molar-refractivity contribution in [2.45, 2.75) is 11.1 Å². The minimum Gasteiger partial charge on any atom is -0.379 e. The number of hydrogen-bond acceptors (Lipinski definition) is 5. The van der Waals surface area contributed by atoms with Crippen molar-refractivity contribution in [1.82, 2.24) is 4.31 Å². The summed E-state index contributed by atoms with van der Waals surface area (Å²) in [6.07, 6.45) is -4.71. The molecule has 174 valence electrons. The second-order valence-electron chi connectivity index (χ2n) is 7.24. The summed E-state index contributed by atoms with van der Waals surface area (Å²) in [5.74, 6) is -0.900. The van der Waals surface area contributed by atoms with E-state index in [2.05, 4.69) is 5.32 Å². The fourth-order valence-corrected chi connectivity index (χ4v) is 5.03. The van der Waals surface area contributed by atoms with Crippen LogP contribution in [0.25, 0.3) is 0 Å². The lowest BCUT2D eigenvalue weighted by Crippen LogP contribution is -2.40. The number of sulfonamides is 1. The van der Waals surface area contributed by atoms with E-state index < -0.39 is 33.4 Å². The van der Waals surface area contributed by atoms with Gasteiger partial charge < -0.3 is 15.0 Å². The molecule has 1 fully saturated rings. The molecule has 0 aliphatic carbocycles. The lowest BCUT2D eigenvalue weighted by atomic mass is 10.1. The fourth-order valence-electron chi connectivity index (χ4n) is 3.12. The van der Waals surface area contributed by atoms with Gasteiger partial charge in [-0.15, -0.1) is 0 Å². The van der Waals surface area contributed by atoms with Gasteiger partial charge in [0.05, 0.1) is 29.5 Å². The first-order valence-electron chi connectivity index (χ1n) is 9.48. The van der Waals surface area contributed by atoms with Gasteiger partial charge in [0.25, 0.3) is 5.91 Å². The molecule has 7 nitrogen and oxygen atoms in total. The number of nitrogens with one attached hydrogen (secondary N) is 1. The van der Waals surface area contributed by atoms with E-state index in [9.17, 15) is 26.4 Å². The van der Waals surface area contributed by atoms with Crippen molar-refractivity contribution in [2.24, 2.45) is 0 Å². The Balaban J connectivity index is 1.94. The van der Waals surface area contributed by atoms with Gasteiger partial charge in [-0.3, -0.25) is 4.79 Å². The van der Waals surface area contributed by atoms with Gasteiger partial charge in [-0.05, 0) is 36.4 Å². The van der Waals surface area contributed by atoms with E-state index in [1.807, 2.05) is 0 Å². The molecule has 2 aromatic carbocycles. The van der Waals surface area contributed by atoms with Crippen LogP contribution in [0.4, 0.5) is 24.5 Å². The van der Waals surface area contributed by atoms with E-state index in [1.165, 1.54) is 27.4 Å². The zero-order chi connectivity index (χ0) is 23.7. The number of anilines is 2. The predicted molar refractivity (Wildman–Crippen MR) is 115 cm³/mol. The predicted octanol–water partition coefficient (Wildman–Crippen LogP) is 3.70. The topological polar surface area (TPSA) is 79.0 Å². The molecule has 0 saturated carbocycles. The molecule has 0 aromatic heterocycles. The Bertz CT molecular complexity index is 1120. The molecular weight excluding hydrogens is 471 g/mol. The van der Waals surface area contributed by atoms with Gasteiger partial charge in [0.2, 0.25) is 10.0 Å². The van der Waals surface area contributed by atoms with Gasteiger partial charge in [0.1, 0.15) is 4.90 Å². The van der Waals surface area contributed by atoms with Gasteiger partial charge in [-0.2, -0.15) is 17.5 Å². The maximum Gasteiger partial charge on any atom is 0.418 e. The van der Waals surface area contributed by atoms with E-state index in [4.69, 9.17) is 16.3 Å². The highest BCUT2D eigenvalue weighted by atomic mass is 35.5. The number of hydrogen-bond donors (Lipinski definition) is 1. The molecule has 12 heteroatoms. The van der Waals surface area contributed by atoms with E-state index in [1.54, 1.807) is 14.1 Å². The quantitative estimate of drug-likeness (QED) is 0.690. The molecule has 1 aliphatic rings. The summed E-state index contributed by atoms with van der Waals surface area (Å²) in [6, 6.07) is 7.04. The summed E-state index contributed by atoms with van der Waals surface area (Å²) < 4.78 is 72.8. The van der Waals surface area contributed by atoms with Crippen molar-refractivity contribution in [3.8, 4) is 0 Å². The third-order valence-corrected chi connectivity index (χ3v) is 7.23. The average Bonchev–Trinajstić information content (AvgIpc) is 2.73. The second-order valence-corrected chi connectivity index (χ2v) is 9.55. The molecule has 1 heterocycles. The fraction of sp³-hybridized carbons (Fsp3) is 0.350. The summed E-state index contributed by atoms with van der Waals surface area (Å²) in [6.45, 7) is 0.699. The number of nitrogens with zero attached hydrogens (tertiary/aromatic N) is 2. The molecule has 0 atom stereocenters. The average molecular weight is 492 g/mol. The lowest BCUT2D eigenvalue weighted by Gasteiger charge is -2.26. The summed E-state index contributed by atoms with van der Waals surface area (Å²) in [7, 11) is -0.822. The molecule has 0 unspecified atom stereocenters. The Kier molecular flexibility index (Phi) is 7.03. The molecule has 1 aliphatic heterocycles. The Morgan fingerprint density at radius 1 is 1.12 bits per heavy atom. The number of amides is 1. The SMILES string of the molecule is CN(C)c1ccc(NC(=O)c2ccc(Cl)c(S(=O)(=O)N3CCOCC3)c2)c(C(F)(F)F)c1. The third-order valence-electron chi connectivity index (χ3n) is 4.85. The first kappa shape index (κ1) is 24.3.